The van der Waals surface area contributed by atoms with Crippen molar-refractivity contribution in [2.24, 2.45) is 0 Å². The predicted molar refractivity (Wildman–Crippen MR) is 75.7 cm³/mol. The molecule has 0 radical (unpaired) electrons. The predicted octanol–water partition coefficient (Wildman–Crippen LogP) is 2.18. The van der Waals surface area contributed by atoms with Gasteiger partial charge in [0.2, 0.25) is 0 Å². The van der Waals surface area contributed by atoms with Gasteiger partial charge >= 0.3 is 0 Å². The Hall–Kier alpha value is -1.95. The van der Waals surface area contributed by atoms with Gasteiger partial charge in [-0.3, -0.25) is 14.9 Å². The number of aliphatic hydroxyl groups is 1. The third-order valence-electron chi connectivity index (χ3n) is 3.62. The van der Waals surface area contributed by atoms with Gasteiger partial charge in [-0.1, -0.05) is 0 Å². The maximum Gasteiger partial charge on any atom is 0.269 e. The Balaban J connectivity index is 3.03. The van der Waals surface area contributed by atoms with Crippen LogP contribution in [0.15, 0.2) is 18.2 Å². The second kappa shape index (κ2) is 5.20. The van der Waals surface area contributed by atoms with E-state index in [1.165, 1.54) is 18.2 Å². The first-order valence-electron chi connectivity index (χ1n) is 6.25. The van der Waals surface area contributed by atoms with Crippen LogP contribution in [0.1, 0.15) is 43.6 Å². The van der Waals surface area contributed by atoms with Gasteiger partial charge in [-0.25, -0.2) is 0 Å². The molecule has 0 saturated carbocycles. The lowest BCUT2D eigenvalue weighted by molar-refractivity contribution is -0.384. The highest BCUT2D eigenvalue weighted by Gasteiger charge is 2.36. The average molecular weight is 280 g/mol. The lowest BCUT2D eigenvalue weighted by Crippen LogP contribution is -2.57. The SMILES string of the molecule is Cc1cc([N+](=O)[O-])ccc1C(=O)NC(C)(C)C(C)(C)O. The molecule has 1 amide bonds. The van der Waals surface area contributed by atoms with E-state index in [4.69, 9.17) is 0 Å². The van der Waals surface area contributed by atoms with Crippen molar-refractivity contribution < 1.29 is 14.8 Å². The molecule has 0 unspecified atom stereocenters. The normalized spacial score (nSPS) is 12.1. The summed E-state index contributed by atoms with van der Waals surface area (Å²) in [5, 5.41) is 23.4. The number of rotatable bonds is 4. The van der Waals surface area contributed by atoms with Crippen LogP contribution >= 0.6 is 0 Å². The molecule has 0 aromatic heterocycles. The number of nitro groups is 1. The van der Waals surface area contributed by atoms with Crippen molar-refractivity contribution in [3.05, 3.63) is 39.4 Å². The first-order valence-corrected chi connectivity index (χ1v) is 6.25. The molecule has 2 N–H and O–H groups in total. The first kappa shape index (κ1) is 16.1. The zero-order valence-electron chi connectivity index (χ0n) is 12.4. The molecule has 0 aliphatic carbocycles. The van der Waals surface area contributed by atoms with Crippen LogP contribution in [0.2, 0.25) is 0 Å². The van der Waals surface area contributed by atoms with Crippen LogP contribution in [0.4, 0.5) is 5.69 Å². The fourth-order valence-corrected chi connectivity index (χ4v) is 1.52. The molecule has 0 fully saturated rings. The van der Waals surface area contributed by atoms with E-state index in [2.05, 4.69) is 5.32 Å². The van der Waals surface area contributed by atoms with Crippen LogP contribution in [0, 0.1) is 17.0 Å². The molecule has 0 saturated heterocycles. The first-order chi connectivity index (χ1) is 8.95. The number of amides is 1. The molecule has 0 bridgehead atoms. The summed E-state index contributed by atoms with van der Waals surface area (Å²) in [5.74, 6) is -0.371. The van der Waals surface area contributed by atoms with E-state index in [9.17, 15) is 20.0 Å². The van der Waals surface area contributed by atoms with Gasteiger partial charge in [0, 0.05) is 17.7 Å². The van der Waals surface area contributed by atoms with Crippen molar-refractivity contribution in [2.45, 2.75) is 45.8 Å². The van der Waals surface area contributed by atoms with E-state index in [-0.39, 0.29) is 11.6 Å². The topological polar surface area (TPSA) is 92.5 Å². The molecule has 0 aliphatic heterocycles. The third kappa shape index (κ3) is 3.33. The number of aryl methyl sites for hydroxylation is 1. The Bertz CT molecular complexity index is 545. The molecule has 0 heterocycles. The zero-order valence-corrected chi connectivity index (χ0v) is 12.4. The monoisotopic (exact) mass is 280 g/mol. The Morgan fingerprint density at radius 3 is 2.25 bits per heavy atom. The molecule has 0 spiro atoms. The number of hydrogen-bond acceptors (Lipinski definition) is 4. The largest absolute Gasteiger partial charge is 0.388 e. The minimum atomic E-state index is -1.10. The third-order valence-corrected chi connectivity index (χ3v) is 3.62. The molecular formula is C14H20N2O4. The van der Waals surface area contributed by atoms with Gasteiger partial charge in [-0.05, 0) is 46.2 Å². The average Bonchev–Trinajstić information content (AvgIpc) is 2.26. The minimum Gasteiger partial charge on any atom is -0.388 e. The number of nitrogens with zero attached hydrogens (tertiary/aromatic N) is 1. The number of nitrogens with one attached hydrogen (secondary N) is 1. The van der Waals surface area contributed by atoms with E-state index >= 15 is 0 Å². The molecule has 0 atom stereocenters. The summed E-state index contributed by atoms with van der Waals surface area (Å²) in [6.45, 7) is 8.28. The van der Waals surface area contributed by atoms with Crippen molar-refractivity contribution >= 4 is 11.6 Å². The Morgan fingerprint density at radius 1 is 1.30 bits per heavy atom. The van der Waals surface area contributed by atoms with E-state index < -0.39 is 16.1 Å². The van der Waals surface area contributed by atoms with Gasteiger partial charge in [-0.15, -0.1) is 0 Å². The Kier molecular flexibility index (Phi) is 4.19. The Morgan fingerprint density at radius 2 is 1.85 bits per heavy atom. The number of benzene rings is 1. The van der Waals surface area contributed by atoms with Gasteiger partial charge in [0.15, 0.2) is 0 Å². The van der Waals surface area contributed by atoms with E-state index in [0.717, 1.165) is 0 Å². The van der Waals surface area contributed by atoms with Gasteiger partial charge in [0.1, 0.15) is 0 Å². The lowest BCUT2D eigenvalue weighted by Gasteiger charge is -2.38. The summed E-state index contributed by atoms with van der Waals surface area (Å²) in [5.41, 5.74) is -1.12. The van der Waals surface area contributed by atoms with Gasteiger partial charge in [0.25, 0.3) is 11.6 Å². The number of nitro benzene ring substituents is 1. The summed E-state index contributed by atoms with van der Waals surface area (Å²) in [4.78, 5) is 22.4. The van der Waals surface area contributed by atoms with Crippen LogP contribution in [0.3, 0.4) is 0 Å². The van der Waals surface area contributed by atoms with Crippen molar-refractivity contribution in [2.75, 3.05) is 0 Å². The number of non-ortho nitro benzene ring substituents is 1. The van der Waals surface area contributed by atoms with Crippen LogP contribution in [-0.2, 0) is 0 Å². The highest BCUT2D eigenvalue weighted by atomic mass is 16.6. The summed E-state index contributed by atoms with van der Waals surface area (Å²) in [6, 6.07) is 4.06. The van der Waals surface area contributed by atoms with E-state index in [1.54, 1.807) is 34.6 Å². The van der Waals surface area contributed by atoms with Crippen LogP contribution < -0.4 is 5.32 Å². The highest BCUT2D eigenvalue weighted by molar-refractivity contribution is 5.96. The fraction of sp³-hybridized carbons (Fsp3) is 0.500. The molecule has 110 valence electrons. The smallest absolute Gasteiger partial charge is 0.269 e. The summed E-state index contributed by atoms with van der Waals surface area (Å²) in [6.07, 6.45) is 0. The van der Waals surface area contributed by atoms with Crippen LogP contribution in [0.25, 0.3) is 0 Å². The molecule has 6 nitrogen and oxygen atoms in total. The molecule has 1 rings (SSSR count). The maximum absolute atomic E-state index is 12.2. The summed E-state index contributed by atoms with van der Waals surface area (Å²) < 4.78 is 0. The highest BCUT2D eigenvalue weighted by Crippen LogP contribution is 2.22. The minimum absolute atomic E-state index is 0.0548. The molecule has 1 aromatic carbocycles. The summed E-state index contributed by atoms with van der Waals surface area (Å²) >= 11 is 0. The molecule has 0 aliphatic rings. The molecule has 20 heavy (non-hydrogen) atoms. The van der Waals surface area contributed by atoms with Crippen molar-refractivity contribution in [1.82, 2.24) is 5.32 Å². The Labute approximate surface area is 118 Å². The van der Waals surface area contributed by atoms with Gasteiger partial charge < -0.3 is 10.4 Å². The maximum atomic E-state index is 12.2. The van der Waals surface area contributed by atoms with Gasteiger partial charge in [-0.2, -0.15) is 0 Å². The number of carbonyl (C=O) groups is 1. The van der Waals surface area contributed by atoms with Crippen molar-refractivity contribution in [3.8, 4) is 0 Å². The molecule has 6 heteroatoms. The van der Waals surface area contributed by atoms with E-state index in [0.29, 0.717) is 11.1 Å². The van der Waals surface area contributed by atoms with E-state index in [1.807, 2.05) is 0 Å². The van der Waals surface area contributed by atoms with Crippen molar-refractivity contribution in [1.29, 1.82) is 0 Å². The number of hydrogen-bond donors (Lipinski definition) is 2. The van der Waals surface area contributed by atoms with Crippen LogP contribution in [0.5, 0.6) is 0 Å². The fourth-order valence-electron chi connectivity index (χ4n) is 1.52. The second-order valence-electron chi connectivity index (χ2n) is 5.89. The lowest BCUT2D eigenvalue weighted by atomic mass is 9.85. The quantitative estimate of drug-likeness (QED) is 0.653. The standard InChI is InChI=1S/C14H20N2O4/c1-9-8-10(16(19)20)6-7-11(9)12(17)15-13(2,3)14(4,5)18/h6-8,18H,1-5H3,(H,15,17). The second-order valence-corrected chi connectivity index (χ2v) is 5.89. The van der Waals surface area contributed by atoms with Crippen LogP contribution in [-0.4, -0.2) is 27.1 Å². The summed E-state index contributed by atoms with van der Waals surface area (Å²) in [7, 11) is 0. The van der Waals surface area contributed by atoms with Gasteiger partial charge in [0.05, 0.1) is 16.1 Å². The van der Waals surface area contributed by atoms with Crippen molar-refractivity contribution in [3.63, 3.8) is 0 Å². The number of carbonyl (C=O) groups excluding carboxylic acids is 1. The molecular weight excluding hydrogens is 260 g/mol. The molecule has 1 aromatic rings. The zero-order chi connectivity index (χ0) is 15.7.